The Morgan fingerprint density at radius 3 is 2.38 bits per heavy atom. The summed E-state index contributed by atoms with van der Waals surface area (Å²) < 4.78 is 3.36. The second-order valence-corrected chi connectivity index (χ2v) is 6.96. The minimum Gasteiger partial charge on any atom is -0.322 e. The van der Waals surface area contributed by atoms with E-state index in [9.17, 15) is 4.79 Å². The van der Waals surface area contributed by atoms with Crippen molar-refractivity contribution >= 4 is 23.2 Å². The van der Waals surface area contributed by atoms with Crippen LogP contribution < -0.4 is 5.32 Å². The molecule has 1 amide bonds. The number of nitrogens with one attached hydrogen (secondary N) is 1. The number of carbonyl (C=O) groups excluding carboxylic acids is 1. The fourth-order valence-electron chi connectivity index (χ4n) is 3.02. The van der Waals surface area contributed by atoms with Crippen molar-refractivity contribution in [3.63, 3.8) is 0 Å². The van der Waals surface area contributed by atoms with Crippen molar-refractivity contribution < 1.29 is 4.79 Å². The van der Waals surface area contributed by atoms with Gasteiger partial charge in [0.2, 0.25) is 0 Å². The van der Waals surface area contributed by atoms with Gasteiger partial charge in [-0.15, -0.1) is 5.10 Å². The molecule has 0 atom stereocenters. The van der Waals surface area contributed by atoms with Crippen LogP contribution in [0.15, 0.2) is 48.5 Å². The fourth-order valence-corrected chi connectivity index (χ4v) is 3.14. The lowest BCUT2D eigenvalue weighted by molar-refractivity contribution is 0.102. The molecule has 0 radical (unpaired) electrons. The summed E-state index contributed by atoms with van der Waals surface area (Å²) in [5.74, 6) is 0.446. The molecule has 0 saturated carbocycles. The maximum Gasteiger partial charge on any atom is 0.255 e. The van der Waals surface area contributed by atoms with E-state index < -0.39 is 0 Å². The molecule has 0 saturated heterocycles. The molecular formula is C20H18ClN7O. The highest BCUT2D eigenvalue weighted by Crippen LogP contribution is 2.23. The first-order chi connectivity index (χ1) is 13.9. The van der Waals surface area contributed by atoms with E-state index in [4.69, 9.17) is 11.6 Å². The third-order valence-corrected chi connectivity index (χ3v) is 5.10. The number of carbonyl (C=O) groups is 1. The van der Waals surface area contributed by atoms with E-state index in [2.05, 4.69) is 25.9 Å². The SMILES string of the molecule is Cc1nn(-c2ccc(C(=O)Nc3cccc(-n4nnnc4C)c3)cc2)c(C)c1Cl. The van der Waals surface area contributed by atoms with Gasteiger partial charge in [0, 0.05) is 11.3 Å². The average Bonchev–Trinajstić information content (AvgIpc) is 3.27. The molecule has 0 spiro atoms. The van der Waals surface area contributed by atoms with Crippen molar-refractivity contribution in [2.75, 3.05) is 5.32 Å². The number of tetrazole rings is 1. The number of amides is 1. The Morgan fingerprint density at radius 2 is 1.76 bits per heavy atom. The summed E-state index contributed by atoms with van der Waals surface area (Å²) in [4.78, 5) is 12.7. The molecule has 2 aromatic carbocycles. The van der Waals surface area contributed by atoms with Crippen LogP contribution in [-0.2, 0) is 0 Å². The normalized spacial score (nSPS) is 10.9. The van der Waals surface area contributed by atoms with Gasteiger partial charge in [-0.05, 0) is 73.7 Å². The third-order valence-electron chi connectivity index (χ3n) is 4.55. The van der Waals surface area contributed by atoms with Gasteiger partial charge in [0.25, 0.3) is 5.91 Å². The molecule has 29 heavy (non-hydrogen) atoms. The Kier molecular flexibility index (Phi) is 4.85. The largest absolute Gasteiger partial charge is 0.322 e. The number of anilines is 1. The van der Waals surface area contributed by atoms with Gasteiger partial charge >= 0.3 is 0 Å². The predicted octanol–water partition coefficient (Wildman–Crippen LogP) is 3.68. The zero-order valence-electron chi connectivity index (χ0n) is 16.1. The van der Waals surface area contributed by atoms with Crippen LogP contribution in [-0.4, -0.2) is 35.9 Å². The summed E-state index contributed by atoms with van der Waals surface area (Å²) in [6.45, 7) is 5.57. The van der Waals surface area contributed by atoms with E-state index in [1.807, 2.05) is 57.2 Å². The van der Waals surface area contributed by atoms with Crippen molar-refractivity contribution in [2.45, 2.75) is 20.8 Å². The fraction of sp³-hybridized carbons (Fsp3) is 0.150. The molecule has 9 heteroatoms. The van der Waals surface area contributed by atoms with Gasteiger partial charge < -0.3 is 5.32 Å². The van der Waals surface area contributed by atoms with Crippen LogP contribution in [0, 0.1) is 20.8 Å². The first-order valence-electron chi connectivity index (χ1n) is 8.93. The number of hydrogen-bond donors (Lipinski definition) is 1. The van der Waals surface area contributed by atoms with E-state index >= 15 is 0 Å². The quantitative estimate of drug-likeness (QED) is 0.557. The van der Waals surface area contributed by atoms with E-state index in [-0.39, 0.29) is 5.91 Å². The van der Waals surface area contributed by atoms with Gasteiger partial charge in [0.15, 0.2) is 5.82 Å². The summed E-state index contributed by atoms with van der Waals surface area (Å²) in [6, 6.07) is 14.5. The summed E-state index contributed by atoms with van der Waals surface area (Å²) in [5.41, 5.74) is 4.41. The first-order valence-corrected chi connectivity index (χ1v) is 9.31. The van der Waals surface area contributed by atoms with E-state index in [1.54, 1.807) is 21.5 Å². The maximum atomic E-state index is 12.7. The van der Waals surface area contributed by atoms with E-state index in [0.717, 1.165) is 22.8 Å². The van der Waals surface area contributed by atoms with Gasteiger partial charge in [-0.3, -0.25) is 4.79 Å². The minimum atomic E-state index is -0.214. The number of aryl methyl sites for hydroxylation is 2. The van der Waals surface area contributed by atoms with Gasteiger partial charge in [-0.2, -0.15) is 9.78 Å². The second kappa shape index (κ2) is 7.48. The molecule has 8 nitrogen and oxygen atoms in total. The Hall–Kier alpha value is -3.52. The molecule has 0 aliphatic carbocycles. The molecule has 1 N–H and O–H groups in total. The van der Waals surface area contributed by atoms with Crippen LogP contribution in [0.25, 0.3) is 11.4 Å². The highest BCUT2D eigenvalue weighted by Gasteiger charge is 2.12. The smallest absolute Gasteiger partial charge is 0.255 e. The van der Waals surface area contributed by atoms with Crippen molar-refractivity contribution in [1.82, 2.24) is 30.0 Å². The standard InChI is InChI=1S/C20H18ClN7O/c1-12-19(21)13(2)27(24-12)17-9-7-15(8-10-17)20(29)22-16-5-4-6-18(11-16)28-14(3)23-25-26-28/h4-11H,1-3H3,(H,22,29). The van der Waals surface area contributed by atoms with Crippen LogP contribution in [0.3, 0.4) is 0 Å². The lowest BCUT2D eigenvalue weighted by Crippen LogP contribution is -2.12. The average molecular weight is 408 g/mol. The topological polar surface area (TPSA) is 90.5 Å². The zero-order valence-corrected chi connectivity index (χ0v) is 16.8. The maximum absolute atomic E-state index is 12.7. The minimum absolute atomic E-state index is 0.214. The zero-order chi connectivity index (χ0) is 20.5. The van der Waals surface area contributed by atoms with Gasteiger partial charge in [0.05, 0.1) is 27.8 Å². The third kappa shape index (κ3) is 3.62. The number of benzene rings is 2. The highest BCUT2D eigenvalue weighted by molar-refractivity contribution is 6.31. The van der Waals surface area contributed by atoms with Crippen LogP contribution in [0.1, 0.15) is 27.6 Å². The van der Waals surface area contributed by atoms with Crippen molar-refractivity contribution in [1.29, 1.82) is 0 Å². The lowest BCUT2D eigenvalue weighted by Gasteiger charge is -2.09. The Balaban J connectivity index is 1.53. The Morgan fingerprint density at radius 1 is 1.00 bits per heavy atom. The van der Waals surface area contributed by atoms with Crippen molar-refractivity contribution in [3.8, 4) is 11.4 Å². The van der Waals surface area contributed by atoms with Crippen molar-refractivity contribution in [2.24, 2.45) is 0 Å². The molecular weight excluding hydrogens is 390 g/mol. The molecule has 0 unspecified atom stereocenters. The van der Waals surface area contributed by atoms with E-state index in [0.29, 0.717) is 22.1 Å². The molecule has 146 valence electrons. The van der Waals surface area contributed by atoms with E-state index in [1.165, 1.54) is 0 Å². The number of aromatic nitrogens is 6. The molecule has 2 aromatic heterocycles. The van der Waals surface area contributed by atoms with Crippen LogP contribution in [0.2, 0.25) is 5.02 Å². The summed E-state index contributed by atoms with van der Waals surface area (Å²) >= 11 is 6.22. The second-order valence-electron chi connectivity index (χ2n) is 6.59. The molecule has 0 fully saturated rings. The number of rotatable bonds is 4. The molecule has 4 rings (SSSR count). The first kappa shape index (κ1) is 18.8. The molecule has 4 aromatic rings. The number of nitrogens with zero attached hydrogens (tertiary/aromatic N) is 6. The molecule has 0 aliphatic rings. The predicted molar refractivity (Wildman–Crippen MR) is 110 cm³/mol. The van der Waals surface area contributed by atoms with Gasteiger partial charge in [0.1, 0.15) is 0 Å². The van der Waals surface area contributed by atoms with Crippen LogP contribution >= 0.6 is 11.6 Å². The van der Waals surface area contributed by atoms with Crippen LogP contribution in [0.4, 0.5) is 5.69 Å². The lowest BCUT2D eigenvalue weighted by atomic mass is 10.2. The molecule has 0 aliphatic heterocycles. The number of hydrogen-bond acceptors (Lipinski definition) is 5. The molecule has 0 bridgehead atoms. The Bertz CT molecular complexity index is 1190. The monoisotopic (exact) mass is 407 g/mol. The van der Waals surface area contributed by atoms with Gasteiger partial charge in [-0.25, -0.2) is 4.68 Å². The van der Waals surface area contributed by atoms with Crippen molar-refractivity contribution in [3.05, 3.63) is 76.3 Å². The van der Waals surface area contributed by atoms with Crippen LogP contribution in [0.5, 0.6) is 0 Å². The molecule has 2 heterocycles. The van der Waals surface area contributed by atoms with Gasteiger partial charge in [-0.1, -0.05) is 17.7 Å². The highest BCUT2D eigenvalue weighted by atomic mass is 35.5. The number of halogens is 1. The Labute approximate surface area is 172 Å². The summed E-state index contributed by atoms with van der Waals surface area (Å²) in [5, 5.41) is 19.4. The summed E-state index contributed by atoms with van der Waals surface area (Å²) in [7, 11) is 0. The summed E-state index contributed by atoms with van der Waals surface area (Å²) in [6.07, 6.45) is 0.